The second-order valence-corrected chi connectivity index (χ2v) is 3.59. The zero-order valence-electron chi connectivity index (χ0n) is 9.13. The number of amides is 1. The van der Waals surface area contributed by atoms with E-state index in [0.717, 1.165) is 5.56 Å². The van der Waals surface area contributed by atoms with Crippen LogP contribution < -0.4 is 5.32 Å². The summed E-state index contributed by atoms with van der Waals surface area (Å²) in [6.45, 7) is 0.441. The van der Waals surface area contributed by atoms with Crippen LogP contribution in [0.5, 0.6) is 5.75 Å². The van der Waals surface area contributed by atoms with Crippen LogP contribution in [0.1, 0.15) is 15.9 Å². The van der Waals surface area contributed by atoms with Crippen molar-refractivity contribution in [2.75, 3.05) is 0 Å². The highest BCUT2D eigenvalue weighted by molar-refractivity contribution is 5.94. The number of pyridine rings is 1. The quantitative estimate of drug-likeness (QED) is 0.840. The first-order valence-corrected chi connectivity index (χ1v) is 5.22. The Morgan fingerprint density at radius 1 is 1.24 bits per heavy atom. The number of nitrogens with one attached hydrogen (secondary N) is 1. The minimum atomic E-state index is -0.210. The van der Waals surface area contributed by atoms with Gasteiger partial charge in [0.1, 0.15) is 5.75 Å². The Hall–Kier alpha value is -2.36. The highest BCUT2D eigenvalue weighted by atomic mass is 16.3. The Balaban J connectivity index is 1.98. The molecule has 0 saturated heterocycles. The molecule has 0 unspecified atom stereocenters. The van der Waals surface area contributed by atoms with Gasteiger partial charge < -0.3 is 10.4 Å². The van der Waals surface area contributed by atoms with Crippen molar-refractivity contribution in [1.82, 2.24) is 10.3 Å². The zero-order chi connectivity index (χ0) is 12.1. The zero-order valence-corrected chi connectivity index (χ0v) is 9.13. The monoisotopic (exact) mass is 228 g/mol. The van der Waals surface area contributed by atoms with Gasteiger partial charge in [-0.1, -0.05) is 6.07 Å². The summed E-state index contributed by atoms with van der Waals surface area (Å²) < 4.78 is 0. The minimum Gasteiger partial charge on any atom is -0.508 e. The lowest BCUT2D eigenvalue weighted by molar-refractivity contribution is 0.0950. The highest BCUT2D eigenvalue weighted by Gasteiger charge is 2.05. The van der Waals surface area contributed by atoms with Crippen molar-refractivity contribution in [3.8, 4) is 5.75 Å². The van der Waals surface area contributed by atoms with Gasteiger partial charge in [-0.25, -0.2) is 0 Å². The molecular weight excluding hydrogens is 216 g/mol. The molecule has 0 spiro atoms. The van der Waals surface area contributed by atoms with Crippen molar-refractivity contribution < 1.29 is 9.90 Å². The Kier molecular flexibility index (Phi) is 3.35. The standard InChI is InChI=1S/C13H12N2O2/c16-12-3-1-2-11(8-12)13(17)15-9-10-4-6-14-7-5-10/h1-8,16H,9H2,(H,15,17). The van der Waals surface area contributed by atoms with Gasteiger partial charge >= 0.3 is 0 Å². The fourth-order valence-corrected chi connectivity index (χ4v) is 1.43. The topological polar surface area (TPSA) is 62.2 Å². The third kappa shape index (κ3) is 3.04. The summed E-state index contributed by atoms with van der Waals surface area (Å²) in [6, 6.07) is 9.92. The molecule has 4 heteroatoms. The van der Waals surface area contributed by atoms with E-state index in [-0.39, 0.29) is 11.7 Å². The molecule has 1 amide bonds. The maximum atomic E-state index is 11.7. The van der Waals surface area contributed by atoms with E-state index in [1.54, 1.807) is 24.5 Å². The lowest BCUT2D eigenvalue weighted by Crippen LogP contribution is -2.22. The van der Waals surface area contributed by atoms with Crippen LogP contribution in [0.15, 0.2) is 48.8 Å². The minimum absolute atomic E-state index is 0.0848. The van der Waals surface area contributed by atoms with E-state index < -0.39 is 0 Å². The number of benzene rings is 1. The lowest BCUT2D eigenvalue weighted by atomic mass is 10.2. The van der Waals surface area contributed by atoms with Crippen molar-refractivity contribution in [3.63, 3.8) is 0 Å². The van der Waals surface area contributed by atoms with Crippen LogP contribution in [0.2, 0.25) is 0 Å². The van der Waals surface area contributed by atoms with Gasteiger partial charge in [-0.3, -0.25) is 9.78 Å². The average Bonchev–Trinajstić information content (AvgIpc) is 2.37. The SMILES string of the molecule is O=C(NCc1ccncc1)c1cccc(O)c1. The summed E-state index contributed by atoms with van der Waals surface area (Å²) in [5, 5.41) is 12.0. The molecule has 0 radical (unpaired) electrons. The molecule has 0 bridgehead atoms. The number of carbonyl (C=O) groups excluding carboxylic acids is 1. The van der Waals surface area contributed by atoms with Crippen LogP contribution in [-0.2, 0) is 6.54 Å². The largest absolute Gasteiger partial charge is 0.508 e. The summed E-state index contributed by atoms with van der Waals surface area (Å²) in [5.41, 5.74) is 1.42. The molecule has 1 aromatic heterocycles. The van der Waals surface area contributed by atoms with E-state index in [4.69, 9.17) is 0 Å². The number of aromatic hydroxyl groups is 1. The molecule has 0 aliphatic carbocycles. The highest BCUT2D eigenvalue weighted by Crippen LogP contribution is 2.10. The molecular formula is C13H12N2O2. The van der Waals surface area contributed by atoms with Crippen LogP contribution in [0.3, 0.4) is 0 Å². The average molecular weight is 228 g/mol. The lowest BCUT2D eigenvalue weighted by Gasteiger charge is -2.05. The smallest absolute Gasteiger partial charge is 0.251 e. The van der Waals surface area contributed by atoms with Crippen molar-refractivity contribution >= 4 is 5.91 Å². The van der Waals surface area contributed by atoms with Crippen molar-refractivity contribution in [1.29, 1.82) is 0 Å². The van der Waals surface area contributed by atoms with Gasteiger partial charge in [0, 0.05) is 24.5 Å². The number of phenolic OH excluding ortho intramolecular Hbond substituents is 1. The van der Waals surface area contributed by atoms with E-state index in [9.17, 15) is 9.90 Å². The van der Waals surface area contributed by atoms with E-state index in [1.165, 1.54) is 12.1 Å². The second kappa shape index (κ2) is 5.12. The molecule has 2 N–H and O–H groups in total. The normalized spacial score (nSPS) is 9.88. The number of hydrogen-bond acceptors (Lipinski definition) is 3. The fourth-order valence-electron chi connectivity index (χ4n) is 1.43. The van der Waals surface area contributed by atoms with Crippen LogP contribution >= 0.6 is 0 Å². The Morgan fingerprint density at radius 3 is 2.71 bits per heavy atom. The molecule has 1 aromatic carbocycles. The van der Waals surface area contributed by atoms with Gasteiger partial charge in [-0.15, -0.1) is 0 Å². The molecule has 2 rings (SSSR count). The number of phenols is 1. The summed E-state index contributed by atoms with van der Waals surface area (Å²) in [4.78, 5) is 15.6. The van der Waals surface area contributed by atoms with E-state index in [2.05, 4.69) is 10.3 Å². The van der Waals surface area contributed by atoms with E-state index in [0.29, 0.717) is 12.1 Å². The van der Waals surface area contributed by atoms with Gasteiger partial charge in [-0.05, 0) is 35.9 Å². The third-order valence-electron chi connectivity index (χ3n) is 2.31. The molecule has 2 aromatic rings. The Labute approximate surface area is 98.9 Å². The number of hydrogen-bond donors (Lipinski definition) is 2. The van der Waals surface area contributed by atoms with Crippen LogP contribution in [0.25, 0.3) is 0 Å². The van der Waals surface area contributed by atoms with Gasteiger partial charge in [0.25, 0.3) is 5.91 Å². The van der Waals surface area contributed by atoms with E-state index >= 15 is 0 Å². The first-order valence-electron chi connectivity index (χ1n) is 5.22. The summed E-state index contributed by atoms with van der Waals surface area (Å²) >= 11 is 0. The molecule has 0 aliphatic heterocycles. The van der Waals surface area contributed by atoms with Crippen molar-refractivity contribution in [3.05, 3.63) is 59.9 Å². The van der Waals surface area contributed by atoms with Gasteiger partial charge in [0.05, 0.1) is 0 Å². The van der Waals surface area contributed by atoms with Gasteiger partial charge in [0.2, 0.25) is 0 Å². The predicted molar refractivity (Wildman–Crippen MR) is 63.5 cm³/mol. The molecule has 0 fully saturated rings. The number of nitrogens with zero attached hydrogens (tertiary/aromatic N) is 1. The van der Waals surface area contributed by atoms with Gasteiger partial charge in [0.15, 0.2) is 0 Å². The van der Waals surface area contributed by atoms with Crippen molar-refractivity contribution in [2.45, 2.75) is 6.54 Å². The number of carbonyl (C=O) groups is 1. The van der Waals surface area contributed by atoms with Crippen molar-refractivity contribution in [2.24, 2.45) is 0 Å². The van der Waals surface area contributed by atoms with Crippen LogP contribution in [0.4, 0.5) is 0 Å². The molecule has 4 nitrogen and oxygen atoms in total. The molecule has 1 heterocycles. The molecule has 0 aliphatic rings. The third-order valence-corrected chi connectivity index (χ3v) is 2.31. The molecule has 86 valence electrons. The summed E-state index contributed by atoms with van der Waals surface area (Å²) in [5.74, 6) is -0.126. The number of aromatic nitrogens is 1. The Bertz CT molecular complexity index is 512. The van der Waals surface area contributed by atoms with Crippen LogP contribution in [-0.4, -0.2) is 16.0 Å². The number of rotatable bonds is 3. The van der Waals surface area contributed by atoms with E-state index in [1.807, 2.05) is 12.1 Å². The first-order chi connectivity index (χ1) is 8.25. The maximum absolute atomic E-state index is 11.7. The van der Waals surface area contributed by atoms with Gasteiger partial charge in [-0.2, -0.15) is 0 Å². The summed E-state index contributed by atoms with van der Waals surface area (Å²) in [7, 11) is 0. The molecule has 17 heavy (non-hydrogen) atoms. The predicted octanol–water partition coefficient (Wildman–Crippen LogP) is 1.72. The fraction of sp³-hybridized carbons (Fsp3) is 0.0769. The molecule has 0 saturated carbocycles. The van der Waals surface area contributed by atoms with Crippen LogP contribution in [0, 0.1) is 0 Å². The first kappa shape index (κ1) is 11.1. The Morgan fingerprint density at radius 2 is 2.00 bits per heavy atom. The molecule has 0 atom stereocenters. The maximum Gasteiger partial charge on any atom is 0.251 e. The summed E-state index contributed by atoms with van der Waals surface area (Å²) in [6.07, 6.45) is 3.35. The second-order valence-electron chi connectivity index (χ2n) is 3.59.